The molecule has 42 heavy (non-hydrogen) atoms. The lowest BCUT2D eigenvalue weighted by Gasteiger charge is -2.20. The number of hydrogen-bond acceptors (Lipinski definition) is 8. The molecule has 0 saturated carbocycles. The molecule has 1 aliphatic rings. The molecule has 4 heterocycles. The quantitative estimate of drug-likeness (QED) is 0.202. The minimum absolute atomic E-state index is 0.0198. The number of aromatic hydroxyl groups is 1. The number of benzene rings is 2. The fraction of sp³-hybridized carbons (Fsp3) is 0.207. The summed E-state index contributed by atoms with van der Waals surface area (Å²) in [6, 6.07) is 17.2. The number of aromatic amines is 2. The predicted molar refractivity (Wildman–Crippen MR) is 167 cm³/mol. The summed E-state index contributed by atoms with van der Waals surface area (Å²) in [5.74, 6) is 0.214. The van der Waals surface area contributed by atoms with Gasteiger partial charge in [-0.3, -0.25) is 9.78 Å². The number of likely N-dealkylation sites (tertiary alicyclic amines) is 1. The minimum Gasteiger partial charge on any atom is -0.493 e. The van der Waals surface area contributed by atoms with Crippen LogP contribution in [-0.2, 0) is 0 Å². The van der Waals surface area contributed by atoms with E-state index in [4.69, 9.17) is 9.98 Å². The number of H-pyrrole nitrogens is 2. The summed E-state index contributed by atoms with van der Waals surface area (Å²) in [5, 5.41) is 18.5. The van der Waals surface area contributed by atoms with E-state index in [1.807, 2.05) is 61.5 Å². The molecule has 0 aliphatic carbocycles. The maximum absolute atomic E-state index is 13.3. The molecule has 0 bridgehead atoms. The van der Waals surface area contributed by atoms with Crippen LogP contribution in [0.4, 0.5) is 17.2 Å². The molecule has 1 saturated heterocycles. The van der Waals surface area contributed by atoms with E-state index in [1.165, 1.54) is 0 Å². The number of likely N-dealkylation sites (N-methyl/N-ethyl adjacent to an activating group) is 1. The number of halogens is 1. The highest BCUT2D eigenvalue weighted by Gasteiger charge is 2.28. The summed E-state index contributed by atoms with van der Waals surface area (Å²) in [6.45, 7) is 1.41. The van der Waals surface area contributed by atoms with Gasteiger partial charge in [0, 0.05) is 45.2 Å². The molecule has 6 rings (SSSR count). The van der Waals surface area contributed by atoms with Crippen molar-refractivity contribution in [3.8, 4) is 5.88 Å². The Morgan fingerprint density at radius 1 is 1.19 bits per heavy atom. The van der Waals surface area contributed by atoms with Gasteiger partial charge in [0.15, 0.2) is 11.1 Å². The molecule has 0 radical (unpaired) electrons. The van der Waals surface area contributed by atoms with Crippen LogP contribution in [0.3, 0.4) is 0 Å². The van der Waals surface area contributed by atoms with Crippen molar-refractivity contribution in [1.82, 2.24) is 34.4 Å². The molecule has 12 nitrogen and oxygen atoms in total. The zero-order valence-electron chi connectivity index (χ0n) is 22.9. The Balaban J connectivity index is 1.44. The van der Waals surface area contributed by atoms with Crippen molar-refractivity contribution in [2.75, 3.05) is 32.5 Å². The second-order valence-electron chi connectivity index (χ2n) is 10.3. The first kappa shape index (κ1) is 27.7. The molecule has 1 unspecified atom stereocenters. The number of nitrogens with zero attached hydrogens (tertiary/aromatic N) is 6. The van der Waals surface area contributed by atoms with Crippen LogP contribution in [0, 0.1) is 3.57 Å². The van der Waals surface area contributed by atoms with Gasteiger partial charge in [-0.2, -0.15) is 9.61 Å². The number of imidazole rings is 1. The number of anilines is 2. The maximum atomic E-state index is 13.3. The van der Waals surface area contributed by atoms with Gasteiger partial charge in [-0.15, -0.1) is 0 Å². The largest absolute Gasteiger partial charge is 0.493 e. The first-order valence-corrected chi connectivity index (χ1v) is 14.4. The molecule has 1 aliphatic heterocycles. The van der Waals surface area contributed by atoms with E-state index in [1.54, 1.807) is 28.9 Å². The van der Waals surface area contributed by atoms with Crippen LogP contribution >= 0.6 is 22.6 Å². The summed E-state index contributed by atoms with van der Waals surface area (Å²) in [4.78, 5) is 43.5. The predicted octanol–water partition coefficient (Wildman–Crippen LogP) is 2.36. The number of nitrogens with one attached hydrogen (secondary N) is 3. The van der Waals surface area contributed by atoms with Crippen LogP contribution in [0.1, 0.15) is 22.5 Å². The van der Waals surface area contributed by atoms with E-state index in [0.29, 0.717) is 46.0 Å². The van der Waals surface area contributed by atoms with Crippen LogP contribution in [0.25, 0.3) is 11.7 Å². The molecule has 2 aromatic carbocycles. The van der Waals surface area contributed by atoms with Crippen molar-refractivity contribution >= 4 is 57.4 Å². The Morgan fingerprint density at radius 3 is 2.76 bits per heavy atom. The van der Waals surface area contributed by atoms with Gasteiger partial charge in [0.05, 0.1) is 11.9 Å². The summed E-state index contributed by atoms with van der Waals surface area (Å²) >= 11 is 2.25. The monoisotopic (exact) mass is 677 g/mol. The lowest BCUT2D eigenvalue weighted by molar-refractivity contribution is 0.0783. The van der Waals surface area contributed by atoms with E-state index in [2.05, 4.69) is 47.9 Å². The summed E-state index contributed by atoms with van der Waals surface area (Å²) in [7, 11) is 4.07. The SMILES string of the molecule is CN(C)C1CCN(C(=O)c2cccc(N=c3cc(Nc4cccc(I)c4)nc4c(=Cc5[nH]c(=O)[nH]c5O)cnn34)c2)C1. The van der Waals surface area contributed by atoms with Crippen molar-refractivity contribution in [1.29, 1.82) is 0 Å². The van der Waals surface area contributed by atoms with Crippen LogP contribution < -0.4 is 21.7 Å². The highest BCUT2D eigenvalue weighted by atomic mass is 127. The molecular formula is C29H28IN9O3. The maximum Gasteiger partial charge on any atom is 0.326 e. The average molecular weight is 678 g/mol. The number of amides is 1. The van der Waals surface area contributed by atoms with Crippen molar-refractivity contribution in [2.45, 2.75) is 12.5 Å². The van der Waals surface area contributed by atoms with Gasteiger partial charge in [-0.05, 0) is 85.6 Å². The van der Waals surface area contributed by atoms with Crippen LogP contribution in [-0.4, -0.2) is 78.6 Å². The highest BCUT2D eigenvalue weighted by molar-refractivity contribution is 14.1. The summed E-state index contributed by atoms with van der Waals surface area (Å²) in [6.07, 6.45) is 4.11. The molecule has 13 heteroatoms. The third-order valence-corrected chi connectivity index (χ3v) is 7.80. The fourth-order valence-electron chi connectivity index (χ4n) is 4.94. The number of aromatic nitrogens is 5. The fourth-order valence-corrected chi connectivity index (χ4v) is 5.49. The average Bonchev–Trinajstić information content (AvgIpc) is 3.68. The molecule has 0 spiro atoms. The normalized spacial score (nSPS) is 16.2. The number of carbonyl (C=O) groups excluding carboxylic acids is 1. The molecule has 3 aromatic heterocycles. The van der Waals surface area contributed by atoms with E-state index in [0.717, 1.165) is 22.2 Å². The number of fused-ring (bicyclic) bond motifs is 1. The Kier molecular flexibility index (Phi) is 7.51. The second kappa shape index (κ2) is 11.4. The summed E-state index contributed by atoms with van der Waals surface area (Å²) < 4.78 is 2.63. The van der Waals surface area contributed by atoms with Crippen molar-refractivity contribution in [3.05, 3.63) is 96.8 Å². The molecule has 1 amide bonds. The van der Waals surface area contributed by atoms with Gasteiger partial charge in [0.1, 0.15) is 11.5 Å². The molecular weight excluding hydrogens is 649 g/mol. The van der Waals surface area contributed by atoms with Gasteiger partial charge >= 0.3 is 5.69 Å². The van der Waals surface area contributed by atoms with Gasteiger partial charge in [-0.1, -0.05) is 12.1 Å². The number of hydrogen-bond donors (Lipinski definition) is 4. The molecule has 1 fully saturated rings. The van der Waals surface area contributed by atoms with E-state index in [-0.39, 0.29) is 17.5 Å². The Bertz CT molecular complexity index is 1980. The zero-order valence-corrected chi connectivity index (χ0v) is 25.0. The molecule has 214 valence electrons. The topological polar surface area (TPSA) is 147 Å². The van der Waals surface area contributed by atoms with E-state index in [9.17, 15) is 14.7 Å². The molecule has 1 atom stereocenters. The van der Waals surface area contributed by atoms with Gasteiger partial charge in [-0.25, -0.2) is 14.8 Å². The van der Waals surface area contributed by atoms with Crippen molar-refractivity contribution < 1.29 is 9.90 Å². The van der Waals surface area contributed by atoms with Gasteiger partial charge in [0.2, 0.25) is 5.88 Å². The smallest absolute Gasteiger partial charge is 0.326 e. The highest BCUT2D eigenvalue weighted by Crippen LogP contribution is 2.21. The zero-order chi connectivity index (χ0) is 29.4. The van der Waals surface area contributed by atoms with Gasteiger partial charge in [0.25, 0.3) is 5.91 Å². The molecule has 4 N–H and O–H groups in total. The van der Waals surface area contributed by atoms with Crippen LogP contribution in [0.2, 0.25) is 0 Å². The Morgan fingerprint density at radius 2 is 2.02 bits per heavy atom. The lowest BCUT2D eigenvalue weighted by Crippen LogP contribution is -2.34. The van der Waals surface area contributed by atoms with Crippen LogP contribution in [0.5, 0.6) is 5.88 Å². The third kappa shape index (κ3) is 5.78. The van der Waals surface area contributed by atoms with Gasteiger partial charge < -0.3 is 25.2 Å². The number of carbonyl (C=O) groups is 1. The third-order valence-electron chi connectivity index (χ3n) is 7.13. The first-order chi connectivity index (χ1) is 20.2. The van der Waals surface area contributed by atoms with Crippen molar-refractivity contribution in [3.63, 3.8) is 0 Å². The Hall–Kier alpha value is -4.50. The first-order valence-electron chi connectivity index (χ1n) is 13.3. The Labute approximate surface area is 253 Å². The minimum atomic E-state index is -0.527. The van der Waals surface area contributed by atoms with Crippen LogP contribution in [0.15, 0.2) is 70.6 Å². The van der Waals surface area contributed by atoms with Crippen molar-refractivity contribution in [2.24, 2.45) is 4.99 Å². The van der Waals surface area contributed by atoms with E-state index < -0.39 is 5.69 Å². The summed E-state index contributed by atoms with van der Waals surface area (Å²) in [5.41, 5.74) is 2.60. The van der Waals surface area contributed by atoms with E-state index >= 15 is 0 Å². The standard InChI is InChI=1S/C29H28IN9O3/c1-37(2)22-9-10-38(16-22)28(41)17-5-3-7-20(11-17)33-25-14-24(32-21-8-4-6-19(30)13-21)35-26-18(15-31-39(25)26)12-23-27(40)36-29(42)34-23/h3-8,11-15,22,32,40H,9-10,16H2,1-2H3,(H2,34,36,42). The number of rotatable bonds is 6. The second-order valence-corrected chi connectivity index (χ2v) is 11.5. The lowest BCUT2D eigenvalue weighted by atomic mass is 10.2. The molecule has 5 aromatic rings.